The number of guanidine groups is 1. The first-order valence-corrected chi connectivity index (χ1v) is 4.60. The highest BCUT2D eigenvalue weighted by atomic mass is 16.1. The second-order valence-corrected chi connectivity index (χ2v) is 3.59. The Kier molecular flexibility index (Phi) is 2.08. The highest BCUT2D eigenvalue weighted by Crippen LogP contribution is 2.22. The molecule has 1 heterocycles. The molecule has 0 bridgehead atoms. The lowest BCUT2D eigenvalue weighted by Crippen LogP contribution is -2.41. The normalized spacial score (nSPS) is 28.8. The number of nitrogens with two attached hydrogens (primary N) is 1. The Labute approximate surface area is 76.8 Å². The van der Waals surface area contributed by atoms with E-state index in [1.165, 1.54) is 0 Å². The van der Waals surface area contributed by atoms with Gasteiger partial charge in [0.2, 0.25) is 5.91 Å². The zero-order valence-corrected chi connectivity index (χ0v) is 7.42. The number of carbonyl (C=O) groups excluding carboxylic acids is 1. The van der Waals surface area contributed by atoms with Crippen LogP contribution in [0.5, 0.6) is 0 Å². The minimum absolute atomic E-state index is 0.0803. The molecule has 0 aromatic rings. The summed E-state index contributed by atoms with van der Waals surface area (Å²) < 4.78 is 0. The maximum atomic E-state index is 10.8. The summed E-state index contributed by atoms with van der Waals surface area (Å²) in [5.41, 5.74) is 5.64. The molecular weight excluding hydrogens is 168 g/mol. The van der Waals surface area contributed by atoms with Gasteiger partial charge in [0.1, 0.15) is 0 Å². The van der Waals surface area contributed by atoms with Gasteiger partial charge in [-0.05, 0) is 12.8 Å². The molecule has 0 spiro atoms. The van der Waals surface area contributed by atoms with Gasteiger partial charge in [-0.1, -0.05) is 0 Å². The SMILES string of the molecule is NC(=NC1CC1)NC1CNC(=O)C1. The van der Waals surface area contributed by atoms with E-state index >= 15 is 0 Å². The molecule has 0 aromatic heterocycles. The molecule has 2 rings (SSSR count). The van der Waals surface area contributed by atoms with E-state index in [1.54, 1.807) is 0 Å². The second kappa shape index (κ2) is 3.24. The van der Waals surface area contributed by atoms with Gasteiger partial charge in [0.25, 0.3) is 0 Å². The van der Waals surface area contributed by atoms with Crippen molar-refractivity contribution in [3.8, 4) is 0 Å². The standard InChI is InChI=1S/C8H14N4O/c9-8(11-5-1-2-5)12-6-3-7(13)10-4-6/h5-6H,1-4H2,(H,10,13)(H3,9,11,12). The lowest BCUT2D eigenvalue weighted by atomic mass is 10.3. The summed E-state index contributed by atoms with van der Waals surface area (Å²) in [7, 11) is 0. The van der Waals surface area contributed by atoms with Gasteiger partial charge in [-0.15, -0.1) is 0 Å². The third-order valence-electron chi connectivity index (χ3n) is 2.20. The molecule has 2 aliphatic rings. The van der Waals surface area contributed by atoms with Gasteiger partial charge >= 0.3 is 0 Å². The number of aliphatic imine (C=N–C) groups is 1. The molecule has 1 unspecified atom stereocenters. The first-order valence-electron chi connectivity index (χ1n) is 4.60. The Morgan fingerprint density at radius 2 is 2.38 bits per heavy atom. The molecule has 2 fully saturated rings. The third kappa shape index (κ3) is 2.34. The van der Waals surface area contributed by atoms with Gasteiger partial charge in [-0.2, -0.15) is 0 Å². The van der Waals surface area contributed by atoms with Gasteiger partial charge in [-0.25, -0.2) is 0 Å². The van der Waals surface area contributed by atoms with Crippen LogP contribution in [0, 0.1) is 0 Å². The minimum Gasteiger partial charge on any atom is -0.370 e. The summed E-state index contributed by atoms with van der Waals surface area (Å²) in [4.78, 5) is 15.1. The Balaban J connectivity index is 1.79. The first-order chi connectivity index (χ1) is 6.24. The molecule has 1 amide bonds. The number of hydrogen-bond donors (Lipinski definition) is 3. The molecule has 1 saturated carbocycles. The predicted molar refractivity (Wildman–Crippen MR) is 49.2 cm³/mol. The Morgan fingerprint density at radius 1 is 1.62 bits per heavy atom. The zero-order chi connectivity index (χ0) is 9.26. The van der Waals surface area contributed by atoms with E-state index in [4.69, 9.17) is 5.73 Å². The van der Waals surface area contributed by atoms with E-state index in [2.05, 4.69) is 15.6 Å². The smallest absolute Gasteiger partial charge is 0.222 e. The summed E-state index contributed by atoms with van der Waals surface area (Å²) in [5.74, 6) is 0.556. The van der Waals surface area contributed by atoms with Gasteiger partial charge in [0.15, 0.2) is 5.96 Å². The van der Waals surface area contributed by atoms with Crippen molar-refractivity contribution >= 4 is 11.9 Å². The Hall–Kier alpha value is -1.26. The van der Waals surface area contributed by atoms with Crippen molar-refractivity contribution < 1.29 is 4.79 Å². The van der Waals surface area contributed by atoms with Crippen LogP contribution in [-0.4, -0.2) is 30.5 Å². The molecule has 13 heavy (non-hydrogen) atoms. The number of hydrogen-bond acceptors (Lipinski definition) is 2. The highest BCUT2D eigenvalue weighted by Gasteiger charge is 2.24. The van der Waals surface area contributed by atoms with E-state index in [1.807, 2.05) is 0 Å². The van der Waals surface area contributed by atoms with Crippen molar-refractivity contribution in [2.75, 3.05) is 6.54 Å². The van der Waals surface area contributed by atoms with E-state index in [0.29, 0.717) is 25.0 Å². The van der Waals surface area contributed by atoms with Gasteiger partial charge in [0, 0.05) is 13.0 Å². The summed E-state index contributed by atoms with van der Waals surface area (Å²) in [5, 5.41) is 5.76. The number of rotatable bonds is 2. The number of carbonyl (C=O) groups is 1. The van der Waals surface area contributed by atoms with Crippen LogP contribution < -0.4 is 16.4 Å². The largest absolute Gasteiger partial charge is 0.370 e. The molecule has 1 aliphatic carbocycles. The van der Waals surface area contributed by atoms with Crippen LogP contribution in [0.4, 0.5) is 0 Å². The van der Waals surface area contributed by atoms with Gasteiger partial charge in [0.05, 0.1) is 12.1 Å². The molecule has 72 valence electrons. The fraction of sp³-hybridized carbons (Fsp3) is 0.750. The highest BCUT2D eigenvalue weighted by molar-refractivity contribution is 5.82. The Morgan fingerprint density at radius 3 is 2.92 bits per heavy atom. The van der Waals surface area contributed by atoms with Crippen LogP contribution in [0.25, 0.3) is 0 Å². The first kappa shape index (κ1) is 8.34. The topological polar surface area (TPSA) is 79.5 Å². The lowest BCUT2D eigenvalue weighted by molar-refractivity contribution is -0.119. The number of nitrogens with zero attached hydrogens (tertiary/aromatic N) is 1. The van der Waals surface area contributed by atoms with E-state index < -0.39 is 0 Å². The molecule has 0 aromatic carbocycles. The monoisotopic (exact) mass is 182 g/mol. The van der Waals surface area contributed by atoms with Crippen molar-refractivity contribution in [2.24, 2.45) is 10.7 Å². The summed E-state index contributed by atoms with van der Waals surface area (Å²) in [6, 6.07) is 0.549. The van der Waals surface area contributed by atoms with E-state index in [-0.39, 0.29) is 11.9 Å². The van der Waals surface area contributed by atoms with Crippen LogP contribution in [0.15, 0.2) is 4.99 Å². The van der Waals surface area contributed by atoms with Crippen LogP contribution in [0.2, 0.25) is 0 Å². The summed E-state index contributed by atoms with van der Waals surface area (Å²) in [6.45, 7) is 0.652. The van der Waals surface area contributed by atoms with Gasteiger partial charge in [-0.3, -0.25) is 9.79 Å². The molecule has 5 nitrogen and oxygen atoms in total. The summed E-state index contributed by atoms with van der Waals surface area (Å²) >= 11 is 0. The molecule has 1 aliphatic heterocycles. The Bertz CT molecular complexity index is 247. The molecule has 4 N–H and O–H groups in total. The fourth-order valence-corrected chi connectivity index (χ4v) is 1.35. The van der Waals surface area contributed by atoms with Crippen molar-refractivity contribution in [2.45, 2.75) is 31.3 Å². The van der Waals surface area contributed by atoms with E-state index in [9.17, 15) is 4.79 Å². The number of amides is 1. The van der Waals surface area contributed by atoms with Crippen LogP contribution in [0.3, 0.4) is 0 Å². The van der Waals surface area contributed by atoms with Crippen molar-refractivity contribution in [3.63, 3.8) is 0 Å². The lowest BCUT2D eigenvalue weighted by Gasteiger charge is -2.10. The molecular formula is C8H14N4O. The fourth-order valence-electron chi connectivity index (χ4n) is 1.35. The predicted octanol–water partition coefficient (Wildman–Crippen LogP) is -1.06. The number of nitrogens with one attached hydrogen (secondary N) is 2. The van der Waals surface area contributed by atoms with E-state index in [0.717, 1.165) is 12.8 Å². The maximum Gasteiger partial charge on any atom is 0.222 e. The maximum absolute atomic E-state index is 10.8. The van der Waals surface area contributed by atoms with Crippen molar-refractivity contribution in [1.82, 2.24) is 10.6 Å². The van der Waals surface area contributed by atoms with Crippen LogP contribution in [0.1, 0.15) is 19.3 Å². The van der Waals surface area contributed by atoms with Crippen LogP contribution in [-0.2, 0) is 4.79 Å². The third-order valence-corrected chi connectivity index (χ3v) is 2.20. The molecule has 1 saturated heterocycles. The second-order valence-electron chi connectivity index (χ2n) is 3.59. The zero-order valence-electron chi connectivity index (χ0n) is 7.42. The van der Waals surface area contributed by atoms with Gasteiger partial charge < -0.3 is 16.4 Å². The average molecular weight is 182 g/mol. The quantitative estimate of drug-likeness (QED) is 0.376. The van der Waals surface area contributed by atoms with Crippen LogP contribution >= 0.6 is 0 Å². The summed E-state index contributed by atoms with van der Waals surface area (Å²) in [6.07, 6.45) is 2.79. The average Bonchev–Trinajstić information content (AvgIpc) is 2.76. The molecule has 1 atom stereocenters. The molecule has 0 radical (unpaired) electrons. The minimum atomic E-state index is 0.0803. The van der Waals surface area contributed by atoms with Crippen molar-refractivity contribution in [1.29, 1.82) is 0 Å². The molecule has 5 heteroatoms. The van der Waals surface area contributed by atoms with Crippen molar-refractivity contribution in [3.05, 3.63) is 0 Å².